The van der Waals surface area contributed by atoms with Gasteiger partial charge in [-0.2, -0.15) is 10.4 Å². The Morgan fingerprint density at radius 2 is 1.88 bits per heavy atom. The molecule has 134 valence electrons. The quantitative estimate of drug-likeness (QED) is 0.564. The SMILES string of the molecule is N#CC(Cl)Cl.O=C(O)c1nn(Cc2ccc(Cl)cc2Cl)c2ccccc12. The first kappa shape index (κ1) is 20.3. The number of carbonyl (C=O) groups is 1. The summed E-state index contributed by atoms with van der Waals surface area (Å²) in [5, 5.41) is 22.7. The van der Waals surface area contributed by atoms with E-state index < -0.39 is 10.8 Å². The summed E-state index contributed by atoms with van der Waals surface area (Å²) in [5.74, 6) is -1.05. The zero-order valence-electron chi connectivity index (χ0n) is 13.0. The molecule has 0 aliphatic heterocycles. The molecule has 0 aliphatic rings. The Morgan fingerprint density at radius 3 is 2.46 bits per heavy atom. The minimum Gasteiger partial charge on any atom is -0.476 e. The summed E-state index contributed by atoms with van der Waals surface area (Å²) >= 11 is 21.8. The van der Waals surface area contributed by atoms with Crippen molar-refractivity contribution in [1.29, 1.82) is 5.26 Å². The summed E-state index contributed by atoms with van der Waals surface area (Å²) in [6.45, 7) is 0.379. The molecule has 3 aromatic rings. The van der Waals surface area contributed by atoms with Gasteiger partial charge >= 0.3 is 5.97 Å². The molecule has 0 saturated carbocycles. The second kappa shape index (κ2) is 9.11. The topological polar surface area (TPSA) is 78.9 Å². The summed E-state index contributed by atoms with van der Waals surface area (Å²) in [6, 6.07) is 14.0. The van der Waals surface area contributed by atoms with Crippen LogP contribution < -0.4 is 0 Å². The first-order chi connectivity index (χ1) is 12.3. The van der Waals surface area contributed by atoms with Crippen LogP contribution in [0.25, 0.3) is 10.9 Å². The molecule has 0 aliphatic carbocycles. The average Bonchev–Trinajstić information content (AvgIpc) is 2.97. The van der Waals surface area contributed by atoms with Crippen molar-refractivity contribution in [2.24, 2.45) is 0 Å². The lowest BCUT2D eigenvalue weighted by Gasteiger charge is -2.06. The number of fused-ring (bicyclic) bond motifs is 1. The minimum atomic E-state index is -1.05. The van der Waals surface area contributed by atoms with Crippen LogP contribution in [0.4, 0.5) is 0 Å². The number of benzene rings is 2. The van der Waals surface area contributed by atoms with Gasteiger partial charge in [0.2, 0.25) is 0 Å². The first-order valence-corrected chi connectivity index (χ1v) is 8.77. The van der Waals surface area contributed by atoms with Crippen LogP contribution in [0, 0.1) is 11.3 Å². The standard InChI is InChI=1S/C15H10Cl2N2O2.C2HCl2N/c16-10-6-5-9(12(17)7-10)8-19-13-4-2-1-3-11(13)14(18-19)15(20)21;3-2(4)1-5/h1-7H,8H2,(H,20,21);2H. The molecule has 2 aromatic carbocycles. The number of aromatic nitrogens is 2. The lowest BCUT2D eigenvalue weighted by molar-refractivity contribution is 0.0691. The summed E-state index contributed by atoms with van der Waals surface area (Å²) in [5.41, 5.74) is 1.61. The lowest BCUT2D eigenvalue weighted by atomic mass is 10.2. The molecule has 9 heteroatoms. The number of aromatic carboxylic acids is 1. The van der Waals surface area contributed by atoms with Crippen molar-refractivity contribution < 1.29 is 9.90 Å². The number of para-hydroxylation sites is 1. The van der Waals surface area contributed by atoms with Gasteiger partial charge in [-0.15, -0.1) is 0 Å². The van der Waals surface area contributed by atoms with E-state index in [-0.39, 0.29) is 5.69 Å². The zero-order chi connectivity index (χ0) is 19.3. The highest BCUT2D eigenvalue weighted by atomic mass is 35.5. The van der Waals surface area contributed by atoms with Gasteiger partial charge in [-0.1, -0.05) is 70.7 Å². The van der Waals surface area contributed by atoms with Gasteiger partial charge < -0.3 is 5.11 Å². The van der Waals surface area contributed by atoms with Gasteiger partial charge in [0.05, 0.1) is 18.1 Å². The van der Waals surface area contributed by atoms with Crippen molar-refractivity contribution in [3.63, 3.8) is 0 Å². The molecule has 0 spiro atoms. The molecule has 1 aromatic heterocycles. The highest BCUT2D eigenvalue weighted by Crippen LogP contribution is 2.24. The fraction of sp³-hybridized carbons (Fsp3) is 0.118. The molecule has 5 nitrogen and oxygen atoms in total. The number of nitriles is 1. The number of carboxylic acid groups (broad SMARTS) is 1. The second-order valence-electron chi connectivity index (χ2n) is 4.99. The van der Waals surface area contributed by atoms with Gasteiger partial charge in [0.25, 0.3) is 0 Å². The number of hydrogen-bond donors (Lipinski definition) is 1. The molecular formula is C17H11Cl4N3O2. The van der Waals surface area contributed by atoms with Gasteiger partial charge in [0, 0.05) is 15.4 Å². The van der Waals surface area contributed by atoms with Crippen molar-refractivity contribution in [3.05, 3.63) is 63.8 Å². The number of alkyl halides is 2. The van der Waals surface area contributed by atoms with Crippen LogP contribution in [0.1, 0.15) is 16.1 Å². The van der Waals surface area contributed by atoms with E-state index in [0.29, 0.717) is 22.0 Å². The fourth-order valence-corrected chi connectivity index (χ4v) is 2.69. The maximum atomic E-state index is 11.3. The summed E-state index contributed by atoms with van der Waals surface area (Å²) in [7, 11) is 0. The Labute approximate surface area is 169 Å². The van der Waals surface area contributed by atoms with Gasteiger partial charge in [0.15, 0.2) is 10.5 Å². The molecule has 0 radical (unpaired) electrons. The van der Waals surface area contributed by atoms with E-state index in [2.05, 4.69) is 5.10 Å². The van der Waals surface area contributed by atoms with Gasteiger partial charge in [0.1, 0.15) is 0 Å². The molecule has 0 fully saturated rings. The van der Waals surface area contributed by atoms with Crippen LogP contribution in [0.3, 0.4) is 0 Å². The highest BCUT2D eigenvalue weighted by Gasteiger charge is 2.16. The number of hydrogen-bond acceptors (Lipinski definition) is 3. The molecule has 0 atom stereocenters. The van der Waals surface area contributed by atoms with Gasteiger partial charge in [-0.3, -0.25) is 4.68 Å². The summed E-state index contributed by atoms with van der Waals surface area (Å²) in [4.78, 5) is 10.4. The first-order valence-electron chi connectivity index (χ1n) is 7.14. The van der Waals surface area contributed by atoms with Crippen LogP contribution >= 0.6 is 46.4 Å². The third-order valence-corrected chi connectivity index (χ3v) is 4.08. The normalized spacial score (nSPS) is 10.3. The molecule has 0 unspecified atom stereocenters. The molecule has 1 heterocycles. The van der Waals surface area contributed by atoms with E-state index in [1.165, 1.54) is 0 Å². The molecule has 1 N–H and O–H groups in total. The molecule has 0 saturated heterocycles. The van der Waals surface area contributed by atoms with E-state index >= 15 is 0 Å². The zero-order valence-corrected chi connectivity index (χ0v) is 16.1. The van der Waals surface area contributed by atoms with E-state index in [1.807, 2.05) is 18.2 Å². The Kier molecular flexibility index (Phi) is 7.13. The monoisotopic (exact) mass is 429 g/mol. The van der Waals surface area contributed by atoms with E-state index in [9.17, 15) is 9.90 Å². The van der Waals surface area contributed by atoms with E-state index in [1.54, 1.807) is 35.0 Å². The molecule has 0 amide bonds. The number of carboxylic acids is 1. The van der Waals surface area contributed by atoms with Crippen LogP contribution in [0.5, 0.6) is 0 Å². The highest BCUT2D eigenvalue weighted by molar-refractivity contribution is 6.46. The van der Waals surface area contributed by atoms with Crippen LogP contribution in [-0.4, -0.2) is 25.7 Å². The average molecular weight is 431 g/mol. The van der Waals surface area contributed by atoms with Crippen LogP contribution in [0.2, 0.25) is 10.0 Å². The van der Waals surface area contributed by atoms with Gasteiger partial charge in [-0.05, 0) is 23.8 Å². The maximum absolute atomic E-state index is 11.3. The third-order valence-electron chi connectivity index (χ3n) is 3.29. The van der Waals surface area contributed by atoms with Crippen LogP contribution in [-0.2, 0) is 6.54 Å². The predicted molar refractivity (Wildman–Crippen MR) is 103 cm³/mol. The lowest BCUT2D eigenvalue weighted by Crippen LogP contribution is -2.05. The summed E-state index contributed by atoms with van der Waals surface area (Å²) < 4.78 is 1.63. The Bertz CT molecular complexity index is 980. The molecule has 3 rings (SSSR count). The van der Waals surface area contributed by atoms with Crippen molar-refractivity contribution in [3.8, 4) is 6.07 Å². The maximum Gasteiger partial charge on any atom is 0.357 e. The predicted octanol–water partition coefficient (Wildman–Crippen LogP) is 5.40. The minimum absolute atomic E-state index is 0.0377. The second-order valence-corrected chi connectivity index (χ2v) is 6.93. The molecule has 26 heavy (non-hydrogen) atoms. The summed E-state index contributed by atoms with van der Waals surface area (Å²) in [6.07, 6.45) is 0. The van der Waals surface area contributed by atoms with Crippen LogP contribution in [0.15, 0.2) is 42.5 Å². The third kappa shape index (κ3) is 5.03. The largest absolute Gasteiger partial charge is 0.476 e. The van der Waals surface area contributed by atoms with Crippen molar-refractivity contribution >= 4 is 63.3 Å². The van der Waals surface area contributed by atoms with Crippen molar-refractivity contribution in [2.75, 3.05) is 0 Å². The van der Waals surface area contributed by atoms with Crippen molar-refractivity contribution in [1.82, 2.24) is 9.78 Å². The van der Waals surface area contributed by atoms with Gasteiger partial charge in [-0.25, -0.2) is 4.79 Å². The molecular weight excluding hydrogens is 420 g/mol. The smallest absolute Gasteiger partial charge is 0.357 e. The number of rotatable bonds is 3. The Hall–Kier alpha value is -1.97. The van der Waals surface area contributed by atoms with Crippen molar-refractivity contribution in [2.45, 2.75) is 11.4 Å². The fourth-order valence-electron chi connectivity index (χ4n) is 2.22. The number of nitrogens with zero attached hydrogens (tertiary/aromatic N) is 3. The Morgan fingerprint density at radius 1 is 1.23 bits per heavy atom. The van der Waals surface area contributed by atoms with E-state index in [4.69, 9.17) is 51.7 Å². The number of halogens is 4. The Balaban J connectivity index is 0.000000431. The molecule has 0 bridgehead atoms. The van der Waals surface area contributed by atoms with E-state index in [0.717, 1.165) is 11.1 Å².